The number of nitriles is 1. The molecule has 0 aromatic heterocycles. The van der Waals surface area contributed by atoms with E-state index in [0.717, 1.165) is 0 Å². The number of rotatable bonds is 2. The Labute approximate surface area is 76.0 Å². The number of nitrogens with one attached hydrogen (secondary N) is 1. The molecule has 1 rings (SSSR count). The molecule has 3 N–H and O–H groups in total. The van der Waals surface area contributed by atoms with Crippen molar-refractivity contribution in [1.29, 1.82) is 5.26 Å². The quantitative estimate of drug-likeness (QED) is 0.500. The van der Waals surface area contributed by atoms with Crippen LogP contribution in [-0.2, 0) is 4.79 Å². The first kappa shape index (κ1) is 9.23. The van der Waals surface area contributed by atoms with Crippen molar-refractivity contribution in [2.45, 2.75) is 6.04 Å². The predicted molar refractivity (Wildman–Crippen MR) is 47.1 cm³/mol. The lowest BCUT2D eigenvalue weighted by molar-refractivity contribution is -0.121. The van der Waals surface area contributed by atoms with Gasteiger partial charge in [0.2, 0.25) is 0 Å². The van der Waals surface area contributed by atoms with Crippen molar-refractivity contribution in [3.63, 3.8) is 0 Å². The lowest BCUT2D eigenvalue weighted by Crippen LogP contribution is -2.30. The minimum absolute atomic E-state index is 0.492. The Kier molecular flexibility index (Phi) is 3.01. The molecule has 4 nitrogen and oxygen atoms in total. The zero-order valence-corrected chi connectivity index (χ0v) is 6.90. The number of nitrogens with zero attached hydrogens (tertiary/aromatic N) is 1. The molecule has 4 heteroatoms. The molecule has 0 aliphatic heterocycles. The number of benzene rings is 1. The second-order valence-electron chi connectivity index (χ2n) is 2.49. The molecule has 13 heavy (non-hydrogen) atoms. The SMILES string of the molecule is N#CNC(=O)[C@@H](N)c1ccccc1. The fraction of sp³-hybridized carbons (Fsp3) is 0.111. The fourth-order valence-corrected chi connectivity index (χ4v) is 0.945. The topological polar surface area (TPSA) is 78.9 Å². The number of carbonyl (C=O) groups is 1. The summed E-state index contributed by atoms with van der Waals surface area (Å²) in [5, 5.41) is 10.2. The van der Waals surface area contributed by atoms with Crippen molar-refractivity contribution < 1.29 is 4.79 Å². The average molecular weight is 175 g/mol. The molecule has 0 saturated carbocycles. The molecule has 1 aromatic rings. The smallest absolute Gasteiger partial charge is 0.254 e. The molecular formula is C9H9N3O. The highest BCUT2D eigenvalue weighted by Gasteiger charge is 2.13. The Morgan fingerprint density at radius 1 is 1.46 bits per heavy atom. The predicted octanol–water partition coefficient (Wildman–Crippen LogP) is 0.284. The standard InChI is InChI=1S/C9H9N3O/c10-6-12-9(13)8(11)7-4-2-1-3-5-7/h1-5,8H,11H2,(H,12,13)/t8-/m0/s1. The molecule has 0 unspecified atom stereocenters. The molecule has 0 spiro atoms. The zero-order valence-electron chi connectivity index (χ0n) is 6.90. The number of amides is 1. The summed E-state index contributed by atoms with van der Waals surface area (Å²) in [6, 6.07) is 8.10. The van der Waals surface area contributed by atoms with Crippen LogP contribution in [0.5, 0.6) is 0 Å². The van der Waals surface area contributed by atoms with Crippen LogP contribution in [-0.4, -0.2) is 5.91 Å². The minimum Gasteiger partial charge on any atom is -0.316 e. The molecule has 66 valence electrons. The normalized spacial score (nSPS) is 11.4. The third-order valence-electron chi connectivity index (χ3n) is 1.62. The van der Waals surface area contributed by atoms with Crippen LogP contribution in [0.15, 0.2) is 30.3 Å². The lowest BCUT2D eigenvalue weighted by atomic mass is 10.1. The molecule has 1 atom stereocenters. The number of hydrogen-bond acceptors (Lipinski definition) is 3. The summed E-state index contributed by atoms with van der Waals surface area (Å²) >= 11 is 0. The molecule has 1 amide bonds. The zero-order chi connectivity index (χ0) is 9.68. The van der Waals surface area contributed by atoms with Gasteiger partial charge >= 0.3 is 0 Å². The molecule has 0 aliphatic rings. The maximum absolute atomic E-state index is 11.1. The van der Waals surface area contributed by atoms with E-state index >= 15 is 0 Å². The van der Waals surface area contributed by atoms with E-state index in [4.69, 9.17) is 11.0 Å². The first-order chi connectivity index (χ1) is 6.25. The largest absolute Gasteiger partial charge is 0.316 e. The maximum atomic E-state index is 11.1. The molecular weight excluding hydrogens is 166 g/mol. The molecule has 0 saturated heterocycles. The van der Waals surface area contributed by atoms with E-state index in [1.54, 1.807) is 24.3 Å². The van der Waals surface area contributed by atoms with Crippen molar-refractivity contribution in [2.75, 3.05) is 0 Å². The summed E-state index contributed by atoms with van der Waals surface area (Å²) in [5.41, 5.74) is 6.25. The minimum atomic E-state index is -0.777. The third kappa shape index (κ3) is 2.29. The van der Waals surface area contributed by atoms with Crippen LogP contribution in [0, 0.1) is 11.5 Å². The van der Waals surface area contributed by atoms with E-state index < -0.39 is 11.9 Å². The summed E-state index contributed by atoms with van der Waals surface area (Å²) in [6.07, 6.45) is 1.54. The Bertz CT molecular complexity index is 328. The Hall–Kier alpha value is -1.86. The van der Waals surface area contributed by atoms with Crippen LogP contribution in [0.25, 0.3) is 0 Å². The number of carbonyl (C=O) groups excluding carboxylic acids is 1. The van der Waals surface area contributed by atoms with Crippen LogP contribution in [0.1, 0.15) is 11.6 Å². The first-order valence-corrected chi connectivity index (χ1v) is 3.75. The summed E-state index contributed by atoms with van der Waals surface area (Å²) in [4.78, 5) is 11.1. The van der Waals surface area contributed by atoms with Crippen molar-refractivity contribution in [2.24, 2.45) is 5.73 Å². The van der Waals surface area contributed by atoms with Crippen molar-refractivity contribution in [1.82, 2.24) is 5.32 Å². The maximum Gasteiger partial charge on any atom is 0.254 e. The highest BCUT2D eigenvalue weighted by molar-refractivity contribution is 5.84. The van der Waals surface area contributed by atoms with Gasteiger partial charge in [-0.25, -0.2) is 0 Å². The number of hydrogen-bond donors (Lipinski definition) is 2. The molecule has 1 aromatic carbocycles. The van der Waals surface area contributed by atoms with Crippen LogP contribution in [0.4, 0.5) is 0 Å². The summed E-state index contributed by atoms with van der Waals surface area (Å²) < 4.78 is 0. The van der Waals surface area contributed by atoms with Gasteiger partial charge in [-0.15, -0.1) is 0 Å². The molecule has 0 fully saturated rings. The summed E-state index contributed by atoms with van der Waals surface area (Å²) in [5.74, 6) is -0.492. The Morgan fingerprint density at radius 3 is 2.62 bits per heavy atom. The highest BCUT2D eigenvalue weighted by Crippen LogP contribution is 2.08. The van der Waals surface area contributed by atoms with Crippen LogP contribution in [0.2, 0.25) is 0 Å². The summed E-state index contributed by atoms with van der Waals surface area (Å²) in [7, 11) is 0. The van der Waals surface area contributed by atoms with Gasteiger partial charge in [0.1, 0.15) is 6.04 Å². The average Bonchev–Trinajstić information content (AvgIpc) is 2.18. The fourth-order valence-electron chi connectivity index (χ4n) is 0.945. The Morgan fingerprint density at radius 2 is 2.08 bits per heavy atom. The third-order valence-corrected chi connectivity index (χ3v) is 1.62. The summed E-state index contributed by atoms with van der Waals surface area (Å²) in [6.45, 7) is 0. The van der Waals surface area contributed by atoms with Crippen molar-refractivity contribution in [3.8, 4) is 6.19 Å². The van der Waals surface area contributed by atoms with Gasteiger partial charge in [0.15, 0.2) is 6.19 Å². The second-order valence-corrected chi connectivity index (χ2v) is 2.49. The van der Waals surface area contributed by atoms with Gasteiger partial charge in [-0.3, -0.25) is 10.1 Å². The first-order valence-electron chi connectivity index (χ1n) is 3.75. The van der Waals surface area contributed by atoms with E-state index in [1.807, 2.05) is 11.4 Å². The van der Waals surface area contributed by atoms with Gasteiger partial charge in [0.05, 0.1) is 0 Å². The van der Waals surface area contributed by atoms with Crippen LogP contribution in [0.3, 0.4) is 0 Å². The van der Waals surface area contributed by atoms with Gasteiger partial charge in [-0.05, 0) is 5.56 Å². The van der Waals surface area contributed by atoms with Gasteiger partial charge in [-0.1, -0.05) is 30.3 Å². The van der Waals surface area contributed by atoms with Crippen molar-refractivity contribution in [3.05, 3.63) is 35.9 Å². The van der Waals surface area contributed by atoms with Crippen LogP contribution < -0.4 is 11.1 Å². The number of nitrogens with two attached hydrogens (primary N) is 1. The van der Waals surface area contributed by atoms with E-state index in [0.29, 0.717) is 5.56 Å². The van der Waals surface area contributed by atoms with Gasteiger partial charge in [0.25, 0.3) is 5.91 Å². The van der Waals surface area contributed by atoms with Crippen LogP contribution >= 0.6 is 0 Å². The van der Waals surface area contributed by atoms with Gasteiger partial charge < -0.3 is 5.73 Å². The molecule has 0 aliphatic carbocycles. The monoisotopic (exact) mass is 175 g/mol. The van der Waals surface area contributed by atoms with E-state index in [-0.39, 0.29) is 0 Å². The lowest BCUT2D eigenvalue weighted by Gasteiger charge is -2.07. The highest BCUT2D eigenvalue weighted by atomic mass is 16.2. The molecule has 0 radical (unpaired) electrons. The van der Waals surface area contributed by atoms with Gasteiger partial charge in [0, 0.05) is 0 Å². The Balaban J connectivity index is 2.75. The van der Waals surface area contributed by atoms with E-state index in [1.165, 1.54) is 6.19 Å². The van der Waals surface area contributed by atoms with E-state index in [2.05, 4.69) is 0 Å². The molecule has 0 bridgehead atoms. The van der Waals surface area contributed by atoms with E-state index in [9.17, 15) is 4.79 Å². The van der Waals surface area contributed by atoms with Crippen molar-refractivity contribution >= 4 is 5.91 Å². The van der Waals surface area contributed by atoms with Gasteiger partial charge in [-0.2, -0.15) is 5.26 Å². The second kappa shape index (κ2) is 4.24. The molecule has 0 heterocycles.